The van der Waals surface area contributed by atoms with Gasteiger partial charge in [-0.15, -0.1) is 6.42 Å². The summed E-state index contributed by atoms with van der Waals surface area (Å²) < 4.78 is 11.3. The van der Waals surface area contributed by atoms with Gasteiger partial charge in [0, 0.05) is 4.47 Å². The Kier molecular flexibility index (Phi) is 3.66. The minimum Gasteiger partial charge on any atom is -0.493 e. The number of ether oxygens (including phenoxy) is 2. The molecular weight excluding hydrogens is 232 g/mol. The molecule has 0 aliphatic heterocycles. The smallest absolute Gasteiger partial charge is 0.163 e. The van der Waals surface area contributed by atoms with E-state index < -0.39 is 0 Å². The van der Waals surface area contributed by atoms with E-state index in [0.29, 0.717) is 11.5 Å². The second-order valence-corrected chi connectivity index (χ2v) is 3.20. The molecule has 2 nitrogen and oxygen atoms in total. The van der Waals surface area contributed by atoms with Crippen LogP contribution < -0.4 is 9.47 Å². The molecule has 0 amide bonds. The van der Waals surface area contributed by atoms with Crippen molar-refractivity contribution in [3.05, 3.63) is 22.7 Å². The second-order valence-electron chi connectivity index (χ2n) is 2.29. The normalized spacial score (nSPS) is 9.00. The van der Waals surface area contributed by atoms with Gasteiger partial charge in [0.2, 0.25) is 0 Å². The quantitative estimate of drug-likeness (QED) is 0.757. The van der Waals surface area contributed by atoms with Gasteiger partial charge in [-0.2, -0.15) is 0 Å². The van der Waals surface area contributed by atoms with E-state index in [2.05, 4.69) is 21.9 Å². The Morgan fingerprint density at radius 2 is 2.23 bits per heavy atom. The molecule has 0 spiro atoms. The molecule has 3 heteroatoms. The van der Waals surface area contributed by atoms with Gasteiger partial charge in [-0.3, -0.25) is 0 Å². The van der Waals surface area contributed by atoms with Gasteiger partial charge in [-0.25, -0.2) is 0 Å². The van der Waals surface area contributed by atoms with Crippen LogP contribution in [0.25, 0.3) is 0 Å². The Morgan fingerprint density at radius 3 is 2.85 bits per heavy atom. The van der Waals surface area contributed by atoms with Crippen LogP contribution in [-0.2, 0) is 0 Å². The van der Waals surface area contributed by atoms with Crippen molar-refractivity contribution in [1.29, 1.82) is 0 Å². The SMILES string of the molecule is C#CCOc1cc(Br)ccc1OC. The molecule has 0 aliphatic carbocycles. The fourth-order valence-corrected chi connectivity index (χ4v) is 1.22. The Morgan fingerprint density at radius 1 is 1.46 bits per heavy atom. The highest BCUT2D eigenvalue weighted by atomic mass is 79.9. The first-order valence-electron chi connectivity index (χ1n) is 3.67. The van der Waals surface area contributed by atoms with Crippen LogP contribution in [0.1, 0.15) is 0 Å². The number of hydrogen-bond acceptors (Lipinski definition) is 2. The van der Waals surface area contributed by atoms with Crippen molar-refractivity contribution in [2.45, 2.75) is 0 Å². The predicted octanol–water partition coefficient (Wildman–Crippen LogP) is 2.47. The van der Waals surface area contributed by atoms with Crippen molar-refractivity contribution in [2.24, 2.45) is 0 Å². The van der Waals surface area contributed by atoms with Crippen molar-refractivity contribution in [3.8, 4) is 23.8 Å². The number of methoxy groups -OCH3 is 1. The minimum absolute atomic E-state index is 0.243. The first-order valence-corrected chi connectivity index (χ1v) is 4.47. The first kappa shape index (κ1) is 9.94. The molecule has 0 saturated carbocycles. The molecular formula is C10H9BrO2. The number of benzene rings is 1. The van der Waals surface area contributed by atoms with Crippen LogP contribution in [0.4, 0.5) is 0 Å². The van der Waals surface area contributed by atoms with Crippen LogP contribution in [0.5, 0.6) is 11.5 Å². The van der Waals surface area contributed by atoms with E-state index in [1.165, 1.54) is 0 Å². The maximum atomic E-state index is 5.27. The van der Waals surface area contributed by atoms with Crippen molar-refractivity contribution in [2.75, 3.05) is 13.7 Å². The molecule has 0 heterocycles. The predicted molar refractivity (Wildman–Crippen MR) is 55.0 cm³/mol. The van der Waals surface area contributed by atoms with Crippen molar-refractivity contribution in [1.82, 2.24) is 0 Å². The summed E-state index contributed by atoms with van der Waals surface area (Å²) in [5.74, 6) is 3.72. The van der Waals surface area contributed by atoms with E-state index in [4.69, 9.17) is 15.9 Å². The van der Waals surface area contributed by atoms with Gasteiger partial charge in [-0.1, -0.05) is 21.9 Å². The molecule has 0 bridgehead atoms. The zero-order chi connectivity index (χ0) is 9.68. The molecule has 68 valence electrons. The third-order valence-corrected chi connectivity index (χ3v) is 1.93. The van der Waals surface area contributed by atoms with Crippen LogP contribution in [0.3, 0.4) is 0 Å². The summed E-state index contributed by atoms with van der Waals surface area (Å²) in [5.41, 5.74) is 0. The fourth-order valence-electron chi connectivity index (χ4n) is 0.883. The monoisotopic (exact) mass is 240 g/mol. The van der Waals surface area contributed by atoms with Crippen molar-refractivity contribution in [3.63, 3.8) is 0 Å². The average Bonchev–Trinajstić information content (AvgIpc) is 2.15. The average molecular weight is 241 g/mol. The van der Waals surface area contributed by atoms with Crippen LogP contribution in [0, 0.1) is 12.3 Å². The van der Waals surface area contributed by atoms with E-state index in [-0.39, 0.29) is 6.61 Å². The molecule has 0 fully saturated rings. The van der Waals surface area contributed by atoms with Crippen LogP contribution >= 0.6 is 15.9 Å². The van der Waals surface area contributed by atoms with Gasteiger partial charge >= 0.3 is 0 Å². The summed E-state index contributed by atoms with van der Waals surface area (Å²) in [5, 5.41) is 0. The Balaban J connectivity index is 2.89. The number of terminal acetylenes is 1. The number of halogens is 1. The molecule has 0 aliphatic rings. The van der Waals surface area contributed by atoms with Crippen LogP contribution in [-0.4, -0.2) is 13.7 Å². The van der Waals surface area contributed by atoms with Gasteiger partial charge < -0.3 is 9.47 Å². The first-order chi connectivity index (χ1) is 6.27. The third-order valence-electron chi connectivity index (χ3n) is 1.44. The largest absolute Gasteiger partial charge is 0.493 e. The lowest BCUT2D eigenvalue weighted by atomic mass is 10.3. The zero-order valence-corrected chi connectivity index (χ0v) is 8.80. The van der Waals surface area contributed by atoms with Crippen molar-refractivity contribution < 1.29 is 9.47 Å². The number of rotatable bonds is 3. The lowest BCUT2D eigenvalue weighted by molar-refractivity contribution is 0.331. The Labute approximate surface area is 86.0 Å². The summed E-state index contributed by atoms with van der Waals surface area (Å²) in [7, 11) is 1.59. The third kappa shape index (κ3) is 2.67. The van der Waals surface area contributed by atoms with Gasteiger partial charge in [0.05, 0.1) is 7.11 Å². The zero-order valence-electron chi connectivity index (χ0n) is 7.21. The highest BCUT2D eigenvalue weighted by Gasteiger charge is 2.03. The summed E-state index contributed by atoms with van der Waals surface area (Å²) in [6, 6.07) is 5.51. The van der Waals surface area contributed by atoms with Crippen LogP contribution in [0.2, 0.25) is 0 Å². The van der Waals surface area contributed by atoms with E-state index in [0.717, 1.165) is 4.47 Å². The number of hydrogen-bond donors (Lipinski definition) is 0. The Hall–Kier alpha value is -1.14. The molecule has 0 aromatic heterocycles. The van der Waals surface area contributed by atoms with Crippen LogP contribution in [0.15, 0.2) is 22.7 Å². The molecule has 1 rings (SSSR count). The maximum absolute atomic E-state index is 5.27. The highest BCUT2D eigenvalue weighted by molar-refractivity contribution is 9.10. The molecule has 0 N–H and O–H groups in total. The molecule has 13 heavy (non-hydrogen) atoms. The lowest BCUT2D eigenvalue weighted by Gasteiger charge is -2.08. The fraction of sp³-hybridized carbons (Fsp3) is 0.200. The summed E-state index contributed by atoms with van der Waals surface area (Å²) >= 11 is 3.33. The molecule has 1 aromatic rings. The minimum atomic E-state index is 0.243. The molecule has 0 unspecified atom stereocenters. The summed E-state index contributed by atoms with van der Waals surface area (Å²) in [6.45, 7) is 0.243. The summed E-state index contributed by atoms with van der Waals surface area (Å²) in [4.78, 5) is 0. The standard InChI is InChI=1S/C10H9BrO2/c1-3-6-13-10-7-8(11)4-5-9(10)12-2/h1,4-5,7H,6H2,2H3. The van der Waals surface area contributed by atoms with Gasteiger partial charge in [0.15, 0.2) is 11.5 Å². The lowest BCUT2D eigenvalue weighted by Crippen LogP contribution is -1.96. The van der Waals surface area contributed by atoms with E-state index in [1.807, 2.05) is 18.2 Å². The molecule has 0 atom stereocenters. The van der Waals surface area contributed by atoms with E-state index in [9.17, 15) is 0 Å². The second kappa shape index (κ2) is 4.78. The van der Waals surface area contributed by atoms with Gasteiger partial charge in [0.1, 0.15) is 6.61 Å². The molecule has 0 radical (unpaired) electrons. The van der Waals surface area contributed by atoms with E-state index >= 15 is 0 Å². The molecule has 1 aromatic carbocycles. The topological polar surface area (TPSA) is 18.5 Å². The van der Waals surface area contributed by atoms with Gasteiger partial charge in [0.25, 0.3) is 0 Å². The Bertz CT molecular complexity index is 328. The van der Waals surface area contributed by atoms with E-state index in [1.54, 1.807) is 7.11 Å². The van der Waals surface area contributed by atoms with Gasteiger partial charge in [-0.05, 0) is 18.2 Å². The highest BCUT2D eigenvalue weighted by Crippen LogP contribution is 2.29. The van der Waals surface area contributed by atoms with Crippen molar-refractivity contribution >= 4 is 15.9 Å². The maximum Gasteiger partial charge on any atom is 0.163 e. The molecule has 0 saturated heterocycles. The summed E-state index contributed by atoms with van der Waals surface area (Å²) in [6.07, 6.45) is 5.08.